The van der Waals surface area contributed by atoms with Crippen molar-refractivity contribution in [2.45, 2.75) is 19.8 Å². The number of fused-ring (bicyclic) bond motifs is 2. The summed E-state index contributed by atoms with van der Waals surface area (Å²) in [5.41, 5.74) is 5.89. The Kier molecular flexibility index (Phi) is 4.01. The monoisotopic (exact) mass is 363 g/mol. The number of hydrogen-bond donors (Lipinski definition) is 3. The Hall–Kier alpha value is -2.60. The van der Waals surface area contributed by atoms with Crippen LogP contribution < -0.4 is 20.7 Å². The maximum absolute atomic E-state index is 6.00. The van der Waals surface area contributed by atoms with Crippen LogP contribution in [0, 0.1) is 18.8 Å². The summed E-state index contributed by atoms with van der Waals surface area (Å²) in [6, 6.07) is 6.31. The molecule has 27 heavy (non-hydrogen) atoms. The van der Waals surface area contributed by atoms with Gasteiger partial charge in [-0.15, -0.1) is 0 Å². The lowest BCUT2D eigenvalue weighted by Crippen LogP contribution is -2.09. The minimum Gasteiger partial charge on any atom is -0.492 e. The van der Waals surface area contributed by atoms with Gasteiger partial charge < -0.3 is 20.7 Å². The van der Waals surface area contributed by atoms with E-state index in [1.54, 1.807) is 0 Å². The van der Waals surface area contributed by atoms with E-state index in [1.165, 1.54) is 16.7 Å². The van der Waals surface area contributed by atoms with Crippen LogP contribution in [-0.4, -0.2) is 36.7 Å². The van der Waals surface area contributed by atoms with Crippen molar-refractivity contribution in [3.63, 3.8) is 0 Å². The largest absolute Gasteiger partial charge is 0.492 e. The summed E-state index contributed by atoms with van der Waals surface area (Å²) in [7, 11) is 1.87. The molecular formula is C21H25N5O. The van der Waals surface area contributed by atoms with E-state index in [0.29, 0.717) is 11.9 Å². The summed E-state index contributed by atoms with van der Waals surface area (Å²) in [5.74, 6) is 3.89. The van der Waals surface area contributed by atoms with Gasteiger partial charge in [0.25, 0.3) is 0 Å². The summed E-state index contributed by atoms with van der Waals surface area (Å²) in [5, 5.41) is 9.99. The quantitative estimate of drug-likeness (QED) is 0.775. The minimum atomic E-state index is 0.616. The number of aromatic nitrogens is 2. The molecule has 140 valence electrons. The summed E-state index contributed by atoms with van der Waals surface area (Å²) >= 11 is 0. The molecule has 1 aliphatic carbocycles. The molecule has 1 aromatic carbocycles. The van der Waals surface area contributed by atoms with Crippen molar-refractivity contribution < 1.29 is 4.74 Å². The Morgan fingerprint density at radius 1 is 1.19 bits per heavy atom. The van der Waals surface area contributed by atoms with Gasteiger partial charge in [0.1, 0.15) is 11.6 Å². The molecule has 2 aromatic rings. The van der Waals surface area contributed by atoms with Gasteiger partial charge in [0.05, 0.1) is 6.61 Å². The van der Waals surface area contributed by atoms with Crippen LogP contribution in [0.2, 0.25) is 0 Å². The molecule has 1 saturated heterocycles. The molecule has 1 aromatic heterocycles. The average molecular weight is 363 g/mol. The molecule has 0 bridgehead atoms. The van der Waals surface area contributed by atoms with E-state index in [1.807, 2.05) is 20.0 Å². The number of ether oxygens (including phenoxy) is 1. The van der Waals surface area contributed by atoms with Crippen LogP contribution in [0.15, 0.2) is 24.3 Å². The Morgan fingerprint density at radius 3 is 2.96 bits per heavy atom. The van der Waals surface area contributed by atoms with Crippen LogP contribution >= 0.6 is 0 Å². The molecule has 3 heterocycles. The Balaban J connectivity index is 1.50. The topological polar surface area (TPSA) is 71.1 Å². The second-order valence-corrected chi connectivity index (χ2v) is 7.68. The Labute approximate surface area is 159 Å². The number of nitrogens with one attached hydrogen (secondary N) is 3. The van der Waals surface area contributed by atoms with E-state index in [2.05, 4.69) is 44.1 Å². The van der Waals surface area contributed by atoms with Crippen molar-refractivity contribution in [2.75, 3.05) is 37.4 Å². The van der Waals surface area contributed by atoms with Gasteiger partial charge in [0.15, 0.2) is 0 Å². The van der Waals surface area contributed by atoms with Crippen LogP contribution in [0.1, 0.15) is 23.2 Å². The maximum Gasteiger partial charge on any atom is 0.229 e. The number of anilines is 3. The van der Waals surface area contributed by atoms with Crippen LogP contribution in [0.25, 0.3) is 5.57 Å². The lowest BCUT2D eigenvalue weighted by Gasteiger charge is -2.14. The van der Waals surface area contributed by atoms with Crippen molar-refractivity contribution >= 4 is 23.0 Å². The highest BCUT2D eigenvalue weighted by atomic mass is 16.5. The first-order valence-corrected chi connectivity index (χ1v) is 9.71. The number of nitrogens with zero attached hydrogens (tertiary/aromatic N) is 2. The van der Waals surface area contributed by atoms with E-state index in [0.717, 1.165) is 61.4 Å². The summed E-state index contributed by atoms with van der Waals surface area (Å²) in [6.45, 7) is 4.96. The summed E-state index contributed by atoms with van der Waals surface area (Å²) in [4.78, 5) is 9.06. The lowest BCUT2D eigenvalue weighted by molar-refractivity contribution is 0.356. The van der Waals surface area contributed by atoms with Crippen LogP contribution in [0.5, 0.6) is 5.75 Å². The predicted octanol–water partition coefficient (Wildman–Crippen LogP) is 3.13. The first-order valence-electron chi connectivity index (χ1n) is 9.71. The molecule has 3 N–H and O–H groups in total. The zero-order valence-electron chi connectivity index (χ0n) is 15.8. The average Bonchev–Trinajstić information content (AvgIpc) is 3.36. The van der Waals surface area contributed by atoms with Crippen LogP contribution in [0.3, 0.4) is 0 Å². The summed E-state index contributed by atoms with van der Waals surface area (Å²) in [6.07, 6.45) is 4.53. The van der Waals surface area contributed by atoms with Crippen molar-refractivity contribution in [2.24, 2.45) is 11.8 Å². The van der Waals surface area contributed by atoms with Gasteiger partial charge in [0.2, 0.25) is 5.95 Å². The summed E-state index contributed by atoms with van der Waals surface area (Å²) < 4.78 is 6.00. The van der Waals surface area contributed by atoms with Gasteiger partial charge in [0, 0.05) is 48.6 Å². The minimum absolute atomic E-state index is 0.616. The van der Waals surface area contributed by atoms with Gasteiger partial charge in [-0.2, -0.15) is 4.98 Å². The fraction of sp³-hybridized carbons (Fsp3) is 0.429. The van der Waals surface area contributed by atoms with Crippen LogP contribution in [-0.2, 0) is 6.42 Å². The SMILES string of the molecule is CNc1cc(C)nc(Nc2cc3c(c(C4=CC5CNC[C@H]5C4)c2)OCC3)n1. The molecule has 0 amide bonds. The molecule has 1 unspecified atom stereocenters. The van der Waals surface area contributed by atoms with Crippen molar-refractivity contribution in [3.05, 3.63) is 41.1 Å². The number of allylic oxidation sites excluding steroid dienone is 1. The molecule has 0 radical (unpaired) electrons. The first-order chi connectivity index (χ1) is 13.2. The van der Waals surface area contributed by atoms with Gasteiger partial charge in [-0.05, 0) is 49.4 Å². The van der Waals surface area contributed by atoms with Gasteiger partial charge in [-0.25, -0.2) is 4.98 Å². The molecule has 0 saturated carbocycles. The third kappa shape index (κ3) is 3.04. The highest BCUT2D eigenvalue weighted by Crippen LogP contribution is 2.44. The van der Waals surface area contributed by atoms with E-state index >= 15 is 0 Å². The normalized spacial score (nSPS) is 22.8. The number of rotatable bonds is 4. The second-order valence-electron chi connectivity index (χ2n) is 7.68. The predicted molar refractivity (Wildman–Crippen MR) is 108 cm³/mol. The van der Waals surface area contributed by atoms with E-state index in [9.17, 15) is 0 Å². The highest BCUT2D eigenvalue weighted by Gasteiger charge is 2.33. The molecule has 1 fully saturated rings. The second kappa shape index (κ2) is 6.53. The molecule has 6 heteroatoms. The fourth-order valence-electron chi connectivity index (χ4n) is 4.48. The van der Waals surface area contributed by atoms with Crippen molar-refractivity contribution in [1.29, 1.82) is 0 Å². The Morgan fingerprint density at radius 2 is 2.11 bits per heavy atom. The van der Waals surface area contributed by atoms with Gasteiger partial charge in [-0.3, -0.25) is 0 Å². The molecule has 6 nitrogen and oxygen atoms in total. The molecule has 2 aliphatic heterocycles. The smallest absolute Gasteiger partial charge is 0.229 e. The third-order valence-electron chi connectivity index (χ3n) is 5.79. The zero-order valence-corrected chi connectivity index (χ0v) is 15.8. The number of hydrogen-bond acceptors (Lipinski definition) is 6. The fourth-order valence-corrected chi connectivity index (χ4v) is 4.48. The van der Waals surface area contributed by atoms with Gasteiger partial charge in [-0.1, -0.05) is 6.08 Å². The molecule has 5 rings (SSSR count). The zero-order chi connectivity index (χ0) is 18.4. The van der Waals surface area contributed by atoms with E-state index in [4.69, 9.17) is 4.74 Å². The Bertz CT molecular complexity index is 923. The van der Waals surface area contributed by atoms with E-state index in [-0.39, 0.29) is 0 Å². The highest BCUT2D eigenvalue weighted by molar-refractivity contribution is 5.78. The molecule has 3 aliphatic rings. The molecule has 2 atom stereocenters. The first kappa shape index (κ1) is 16.6. The number of benzene rings is 1. The standard InChI is InChI=1S/C21H25N5O/c1-12-5-19(22-2)26-21(24-12)25-17-8-13-3-4-27-20(13)18(9-17)14-6-15-10-23-11-16(15)7-14/h5-6,8-9,15-16,23H,3-4,7,10-11H2,1-2H3,(H2,22,24,25,26)/t15?,16-/m1/s1. The molecule has 0 spiro atoms. The van der Waals surface area contributed by atoms with Crippen molar-refractivity contribution in [3.8, 4) is 5.75 Å². The third-order valence-corrected chi connectivity index (χ3v) is 5.79. The molecular weight excluding hydrogens is 338 g/mol. The lowest BCUT2D eigenvalue weighted by atomic mass is 9.96. The van der Waals surface area contributed by atoms with Crippen molar-refractivity contribution in [1.82, 2.24) is 15.3 Å². The van der Waals surface area contributed by atoms with Crippen LogP contribution in [0.4, 0.5) is 17.5 Å². The van der Waals surface area contributed by atoms with Gasteiger partial charge >= 0.3 is 0 Å². The maximum atomic E-state index is 6.00. The van der Waals surface area contributed by atoms with E-state index < -0.39 is 0 Å². The number of aryl methyl sites for hydroxylation is 1.